The molecule has 0 amide bonds. The van der Waals surface area contributed by atoms with E-state index in [2.05, 4.69) is 13.8 Å². The van der Waals surface area contributed by atoms with E-state index in [0.29, 0.717) is 0 Å². The first kappa shape index (κ1) is 51.0. The first-order chi connectivity index (χ1) is 25.4. The van der Waals surface area contributed by atoms with Gasteiger partial charge in [0.05, 0.1) is 0 Å². The van der Waals surface area contributed by atoms with Gasteiger partial charge in [0.25, 0.3) is 0 Å². The third-order valence-corrected chi connectivity index (χ3v) is 12.2. The molecule has 0 nitrogen and oxygen atoms in total. The van der Waals surface area contributed by atoms with Gasteiger partial charge in [-0.15, -0.1) is 0 Å². The lowest BCUT2D eigenvalue weighted by atomic mass is 10.0. The fraction of sp³-hybridized carbons (Fsp3) is 1.00. The maximum absolute atomic E-state index is 2.31. The van der Waals surface area contributed by atoms with Crippen molar-refractivity contribution in [3.8, 4) is 0 Å². The van der Waals surface area contributed by atoms with E-state index < -0.39 is 0 Å². The van der Waals surface area contributed by atoms with Crippen LogP contribution in [-0.4, -0.2) is 0 Å². The Morgan fingerprint density at radius 1 is 0.0980 bits per heavy atom. The van der Waals surface area contributed by atoms with Gasteiger partial charge in [-0.25, -0.2) is 0 Å². The van der Waals surface area contributed by atoms with Gasteiger partial charge in [-0.1, -0.05) is 328 Å². The lowest BCUT2D eigenvalue weighted by Crippen LogP contribution is -1.85. The van der Waals surface area contributed by atoms with E-state index in [0.717, 1.165) is 0 Å². The highest BCUT2D eigenvalue weighted by Gasteiger charge is 1.99. The maximum atomic E-state index is 2.31. The van der Waals surface area contributed by atoms with E-state index in [9.17, 15) is 0 Å². The number of unbranched alkanes of at least 4 members (excludes halogenated alkanes) is 48. The zero-order valence-electron chi connectivity index (χ0n) is 36.6. The van der Waals surface area contributed by atoms with E-state index in [4.69, 9.17) is 0 Å². The average Bonchev–Trinajstić information content (AvgIpc) is 3.14. The normalized spacial score (nSPS) is 11.6. The minimum absolute atomic E-state index is 1.37. The Balaban J connectivity index is 3.04. The van der Waals surface area contributed by atoms with Gasteiger partial charge in [0, 0.05) is 0 Å². The minimum Gasteiger partial charge on any atom is -0.0654 e. The second kappa shape index (κ2) is 50.0. The van der Waals surface area contributed by atoms with Gasteiger partial charge in [-0.2, -0.15) is 0 Å². The molecule has 0 aliphatic heterocycles. The van der Waals surface area contributed by atoms with Gasteiger partial charge < -0.3 is 0 Å². The van der Waals surface area contributed by atoms with Gasteiger partial charge in [0.2, 0.25) is 0 Å². The summed E-state index contributed by atoms with van der Waals surface area (Å²) < 4.78 is 0. The van der Waals surface area contributed by atoms with E-state index >= 15 is 0 Å². The highest BCUT2D eigenvalue weighted by molar-refractivity contribution is 4.54. The molecule has 0 aromatic carbocycles. The van der Waals surface area contributed by atoms with Crippen molar-refractivity contribution in [3.63, 3.8) is 0 Å². The highest BCUT2D eigenvalue weighted by Crippen LogP contribution is 2.18. The summed E-state index contributed by atoms with van der Waals surface area (Å²) in [7, 11) is 0. The van der Waals surface area contributed by atoms with Crippen molar-refractivity contribution in [2.75, 3.05) is 0 Å². The van der Waals surface area contributed by atoms with Gasteiger partial charge in [0.15, 0.2) is 0 Å². The number of hydrogen-bond donors (Lipinski definition) is 0. The van der Waals surface area contributed by atoms with Crippen molar-refractivity contribution < 1.29 is 0 Å². The summed E-state index contributed by atoms with van der Waals surface area (Å²) in [6.45, 7) is 4.63. The van der Waals surface area contributed by atoms with Crippen LogP contribution < -0.4 is 0 Å². The Bertz CT molecular complexity index is 502. The Hall–Kier alpha value is 0. The van der Waals surface area contributed by atoms with Crippen LogP contribution in [0.3, 0.4) is 0 Å². The highest BCUT2D eigenvalue weighted by atomic mass is 14.1. The predicted molar refractivity (Wildman–Crippen MR) is 238 cm³/mol. The molecule has 0 unspecified atom stereocenters. The lowest BCUT2D eigenvalue weighted by Gasteiger charge is -2.05. The maximum Gasteiger partial charge on any atom is -0.0533 e. The van der Waals surface area contributed by atoms with Crippen LogP contribution in [0, 0.1) is 0 Å². The second-order valence-electron chi connectivity index (χ2n) is 17.6. The van der Waals surface area contributed by atoms with E-state index in [1.807, 2.05) is 0 Å². The second-order valence-corrected chi connectivity index (χ2v) is 17.6. The summed E-state index contributed by atoms with van der Waals surface area (Å²) in [4.78, 5) is 0. The lowest BCUT2D eigenvalue weighted by molar-refractivity contribution is 0.508. The monoisotopic (exact) mass is 717 g/mol. The number of hydrogen-bond acceptors (Lipinski definition) is 0. The molecule has 0 spiro atoms. The largest absolute Gasteiger partial charge is 0.0654 e. The van der Waals surface area contributed by atoms with Crippen LogP contribution in [0.25, 0.3) is 0 Å². The Labute approximate surface area is 327 Å². The molecule has 0 heteroatoms. The molecule has 0 atom stereocenters. The van der Waals surface area contributed by atoms with Crippen molar-refractivity contribution >= 4 is 0 Å². The third kappa shape index (κ3) is 50.0. The smallest absolute Gasteiger partial charge is 0.0533 e. The molecule has 0 bridgehead atoms. The SMILES string of the molecule is CCCCCCCCCCCCCCCCCCCCCCCCCCCCCCCCCCCCCCCCCCCCCCCCCCC. The summed E-state index contributed by atoms with van der Waals surface area (Å²) in [6, 6.07) is 0. The molecule has 0 rings (SSSR count). The quantitative estimate of drug-likeness (QED) is 0.0550. The van der Waals surface area contributed by atoms with Crippen LogP contribution in [0.15, 0.2) is 0 Å². The molecule has 0 fully saturated rings. The molecule has 0 saturated carbocycles. The standard InChI is InChI=1S/C51H104/c1-3-5-7-9-11-13-15-17-19-21-23-25-27-29-31-33-35-37-39-41-43-45-47-49-51-50-48-46-44-42-40-38-36-34-32-30-28-26-24-22-20-18-16-14-12-10-8-6-4-2/h3-51H2,1-2H3. The molecule has 0 radical (unpaired) electrons. The van der Waals surface area contributed by atoms with Crippen molar-refractivity contribution in [1.29, 1.82) is 0 Å². The molecule has 0 aliphatic rings. The molecular weight excluding hydrogens is 613 g/mol. The molecular formula is C51H104. The fourth-order valence-electron chi connectivity index (χ4n) is 8.45. The van der Waals surface area contributed by atoms with Crippen molar-refractivity contribution in [1.82, 2.24) is 0 Å². The first-order valence-corrected chi connectivity index (χ1v) is 25.4. The molecule has 0 aromatic heterocycles. The Morgan fingerprint density at radius 2 is 0.157 bits per heavy atom. The summed E-state index contributed by atoms with van der Waals surface area (Å²) in [5.41, 5.74) is 0. The van der Waals surface area contributed by atoms with Crippen molar-refractivity contribution in [2.24, 2.45) is 0 Å². The zero-order chi connectivity index (χ0) is 36.6. The first-order valence-electron chi connectivity index (χ1n) is 25.4. The van der Waals surface area contributed by atoms with Crippen LogP contribution in [0.2, 0.25) is 0 Å². The summed E-state index contributed by atoms with van der Waals surface area (Å²) in [5.74, 6) is 0. The topological polar surface area (TPSA) is 0 Å². The minimum atomic E-state index is 1.37. The van der Waals surface area contributed by atoms with Crippen LogP contribution in [0.1, 0.15) is 328 Å². The number of rotatable bonds is 48. The Kier molecular flexibility index (Phi) is 50.0. The molecule has 0 aromatic rings. The predicted octanol–water partition coefficient (Wildman–Crippen LogP) is 20.1. The van der Waals surface area contributed by atoms with Gasteiger partial charge >= 0.3 is 0 Å². The molecule has 51 heavy (non-hydrogen) atoms. The molecule has 0 saturated heterocycles. The van der Waals surface area contributed by atoms with Crippen LogP contribution in [-0.2, 0) is 0 Å². The summed E-state index contributed by atoms with van der Waals surface area (Å²) in [6.07, 6.45) is 72.9. The summed E-state index contributed by atoms with van der Waals surface area (Å²) >= 11 is 0. The van der Waals surface area contributed by atoms with Crippen LogP contribution >= 0.6 is 0 Å². The van der Waals surface area contributed by atoms with Crippen molar-refractivity contribution in [3.05, 3.63) is 0 Å². The van der Waals surface area contributed by atoms with E-state index in [1.165, 1.54) is 315 Å². The van der Waals surface area contributed by atoms with Crippen LogP contribution in [0.4, 0.5) is 0 Å². The Morgan fingerprint density at radius 3 is 0.216 bits per heavy atom. The zero-order valence-corrected chi connectivity index (χ0v) is 36.6. The van der Waals surface area contributed by atoms with Gasteiger partial charge in [-0.05, 0) is 0 Å². The van der Waals surface area contributed by atoms with E-state index in [1.54, 1.807) is 0 Å². The van der Waals surface area contributed by atoms with E-state index in [-0.39, 0.29) is 0 Å². The summed E-state index contributed by atoms with van der Waals surface area (Å²) in [5, 5.41) is 0. The van der Waals surface area contributed by atoms with Gasteiger partial charge in [-0.3, -0.25) is 0 Å². The van der Waals surface area contributed by atoms with Crippen molar-refractivity contribution in [2.45, 2.75) is 328 Å². The molecule has 0 aliphatic carbocycles. The third-order valence-electron chi connectivity index (χ3n) is 12.2. The van der Waals surface area contributed by atoms with Crippen LogP contribution in [0.5, 0.6) is 0 Å². The van der Waals surface area contributed by atoms with Gasteiger partial charge in [0.1, 0.15) is 0 Å². The molecule has 0 N–H and O–H groups in total. The molecule has 0 heterocycles. The molecule has 308 valence electrons. The average molecular weight is 717 g/mol. The fourth-order valence-corrected chi connectivity index (χ4v) is 8.45.